The van der Waals surface area contributed by atoms with Gasteiger partial charge >= 0.3 is 6.09 Å². The molecule has 0 aliphatic heterocycles. The van der Waals surface area contributed by atoms with E-state index >= 15 is 0 Å². The topological polar surface area (TPSA) is 128 Å². The van der Waals surface area contributed by atoms with Crippen molar-refractivity contribution >= 4 is 17.9 Å². The molecule has 0 saturated heterocycles. The standard InChI is InChI=1S/C27H45N3O6/c1-7-9-11-12-16-30(25(34)21(18-31)29-26(35)36-27(4,5)6)23(24(33)28-15-10-8-2)20-13-14-22(32)19(3)17-20/h13-14,17,21,23,31-32H,7-12,15-16,18H2,1-6H3,(H,28,33)(H,29,35). The SMILES string of the molecule is CCCCCCN(C(=O)C(CO)NC(=O)OC(C)(C)C)C(C(=O)NCCCC)c1ccc(O)c(C)c1. The van der Waals surface area contributed by atoms with Crippen molar-refractivity contribution in [3.05, 3.63) is 29.3 Å². The normalized spacial score (nSPS) is 13.0. The van der Waals surface area contributed by atoms with Gasteiger partial charge in [-0.2, -0.15) is 0 Å². The number of aliphatic hydroxyl groups is 1. The Kier molecular flexibility index (Phi) is 13.3. The number of rotatable bonds is 14. The summed E-state index contributed by atoms with van der Waals surface area (Å²) >= 11 is 0. The van der Waals surface area contributed by atoms with Crippen LogP contribution in [0, 0.1) is 6.92 Å². The fraction of sp³-hybridized carbons (Fsp3) is 0.667. The van der Waals surface area contributed by atoms with E-state index in [1.807, 2.05) is 6.92 Å². The Hall–Kier alpha value is -2.81. The lowest BCUT2D eigenvalue weighted by Gasteiger charge is -2.34. The number of nitrogens with zero attached hydrogens (tertiary/aromatic N) is 1. The third-order valence-electron chi connectivity index (χ3n) is 5.63. The van der Waals surface area contributed by atoms with Crippen molar-refractivity contribution in [2.24, 2.45) is 0 Å². The second kappa shape index (κ2) is 15.3. The van der Waals surface area contributed by atoms with E-state index in [4.69, 9.17) is 4.74 Å². The highest BCUT2D eigenvalue weighted by Crippen LogP contribution is 2.27. The number of aliphatic hydroxyl groups excluding tert-OH is 1. The Morgan fingerprint density at radius 1 is 1.06 bits per heavy atom. The number of hydrogen-bond donors (Lipinski definition) is 4. The first-order valence-electron chi connectivity index (χ1n) is 12.9. The van der Waals surface area contributed by atoms with Crippen LogP contribution < -0.4 is 10.6 Å². The number of nitrogens with one attached hydrogen (secondary N) is 2. The summed E-state index contributed by atoms with van der Waals surface area (Å²) in [5, 5.41) is 25.4. The molecule has 0 aromatic heterocycles. The van der Waals surface area contributed by atoms with Gasteiger partial charge in [-0.1, -0.05) is 45.6 Å². The molecule has 2 atom stereocenters. The molecule has 3 amide bonds. The molecule has 0 fully saturated rings. The maximum absolute atomic E-state index is 13.7. The minimum atomic E-state index is -1.28. The molecule has 0 saturated carbocycles. The number of phenolic OH excluding ortho intramolecular Hbond substituents is 1. The minimum absolute atomic E-state index is 0.0875. The molecule has 0 aliphatic carbocycles. The van der Waals surface area contributed by atoms with E-state index in [1.165, 1.54) is 11.0 Å². The number of carbonyl (C=O) groups excluding carboxylic acids is 3. The van der Waals surface area contributed by atoms with Crippen LogP contribution in [0.5, 0.6) is 5.75 Å². The molecular weight excluding hydrogens is 462 g/mol. The predicted molar refractivity (Wildman–Crippen MR) is 140 cm³/mol. The van der Waals surface area contributed by atoms with Gasteiger partial charge in [0.2, 0.25) is 11.8 Å². The van der Waals surface area contributed by atoms with E-state index in [9.17, 15) is 24.6 Å². The zero-order valence-electron chi connectivity index (χ0n) is 22.7. The van der Waals surface area contributed by atoms with Gasteiger partial charge in [0, 0.05) is 13.1 Å². The van der Waals surface area contributed by atoms with Gasteiger partial charge in [0.05, 0.1) is 6.61 Å². The van der Waals surface area contributed by atoms with Crippen molar-refractivity contribution in [2.45, 2.75) is 97.8 Å². The average Bonchev–Trinajstić information content (AvgIpc) is 2.80. The average molecular weight is 508 g/mol. The van der Waals surface area contributed by atoms with Crippen LogP contribution >= 0.6 is 0 Å². The number of benzene rings is 1. The Labute approximate surface area is 215 Å². The summed E-state index contributed by atoms with van der Waals surface area (Å²) < 4.78 is 5.26. The van der Waals surface area contributed by atoms with Crippen molar-refractivity contribution in [3.8, 4) is 5.75 Å². The van der Waals surface area contributed by atoms with E-state index in [2.05, 4.69) is 17.6 Å². The molecule has 4 N–H and O–H groups in total. The molecular formula is C27H45N3O6. The second-order valence-electron chi connectivity index (χ2n) is 10.1. The lowest BCUT2D eigenvalue weighted by molar-refractivity contribution is -0.143. The van der Waals surface area contributed by atoms with E-state index in [1.54, 1.807) is 39.8 Å². The zero-order chi connectivity index (χ0) is 27.3. The summed E-state index contributed by atoms with van der Waals surface area (Å²) in [7, 11) is 0. The number of carbonyl (C=O) groups is 3. The van der Waals surface area contributed by atoms with E-state index < -0.39 is 36.3 Å². The van der Waals surface area contributed by atoms with E-state index in [0.29, 0.717) is 24.1 Å². The largest absolute Gasteiger partial charge is 0.508 e. The fourth-order valence-electron chi connectivity index (χ4n) is 3.72. The van der Waals surface area contributed by atoms with Gasteiger partial charge in [-0.25, -0.2) is 4.79 Å². The molecule has 1 aromatic rings. The molecule has 36 heavy (non-hydrogen) atoms. The Balaban J connectivity index is 3.38. The molecule has 204 valence electrons. The number of unbranched alkanes of at least 4 members (excludes halogenated alkanes) is 4. The van der Waals surface area contributed by atoms with Gasteiger partial charge < -0.3 is 30.5 Å². The summed E-state index contributed by atoms with van der Waals surface area (Å²) in [6.45, 7) is 11.0. The molecule has 9 heteroatoms. The van der Waals surface area contributed by atoms with Crippen LogP contribution in [0.3, 0.4) is 0 Å². The summed E-state index contributed by atoms with van der Waals surface area (Å²) in [5.74, 6) is -0.850. The molecule has 0 bridgehead atoms. The van der Waals surface area contributed by atoms with Crippen LogP contribution in [-0.4, -0.2) is 64.4 Å². The van der Waals surface area contributed by atoms with Crippen LogP contribution in [0.1, 0.15) is 90.3 Å². The molecule has 0 aliphatic rings. The molecule has 2 unspecified atom stereocenters. The van der Waals surface area contributed by atoms with Crippen molar-refractivity contribution in [2.75, 3.05) is 19.7 Å². The van der Waals surface area contributed by atoms with Crippen LogP contribution in [0.25, 0.3) is 0 Å². The maximum Gasteiger partial charge on any atom is 0.408 e. The van der Waals surface area contributed by atoms with Gasteiger partial charge in [0.1, 0.15) is 23.4 Å². The molecule has 9 nitrogen and oxygen atoms in total. The predicted octanol–water partition coefficient (Wildman–Crippen LogP) is 3.95. The van der Waals surface area contributed by atoms with Crippen molar-refractivity contribution in [1.29, 1.82) is 0 Å². The number of alkyl carbamates (subject to hydrolysis) is 1. The van der Waals surface area contributed by atoms with Gasteiger partial charge in [-0.3, -0.25) is 9.59 Å². The number of hydrogen-bond acceptors (Lipinski definition) is 6. The highest BCUT2D eigenvalue weighted by Gasteiger charge is 2.36. The fourth-order valence-corrected chi connectivity index (χ4v) is 3.72. The molecule has 1 rings (SSSR count). The monoisotopic (exact) mass is 507 g/mol. The van der Waals surface area contributed by atoms with Gasteiger partial charge in [-0.15, -0.1) is 0 Å². The first-order chi connectivity index (χ1) is 16.9. The van der Waals surface area contributed by atoms with Crippen molar-refractivity contribution in [3.63, 3.8) is 0 Å². The first kappa shape index (κ1) is 31.2. The second-order valence-corrected chi connectivity index (χ2v) is 10.1. The molecule has 0 radical (unpaired) electrons. The summed E-state index contributed by atoms with van der Waals surface area (Å²) in [5.41, 5.74) is 0.332. The smallest absolute Gasteiger partial charge is 0.408 e. The first-order valence-corrected chi connectivity index (χ1v) is 12.9. The lowest BCUT2D eigenvalue weighted by Crippen LogP contribution is -2.54. The summed E-state index contributed by atoms with van der Waals surface area (Å²) in [6, 6.07) is 2.52. The third kappa shape index (κ3) is 10.4. The maximum atomic E-state index is 13.7. The Morgan fingerprint density at radius 2 is 1.72 bits per heavy atom. The van der Waals surface area contributed by atoms with Gasteiger partial charge in [0.15, 0.2) is 0 Å². The molecule has 0 spiro atoms. The summed E-state index contributed by atoms with van der Waals surface area (Å²) in [4.78, 5) is 40.9. The number of aryl methyl sites for hydroxylation is 1. The number of phenols is 1. The van der Waals surface area contributed by atoms with Crippen molar-refractivity contribution < 1.29 is 29.3 Å². The number of aromatic hydroxyl groups is 1. The Bertz CT molecular complexity index is 852. The third-order valence-corrected chi connectivity index (χ3v) is 5.63. The quantitative estimate of drug-likeness (QED) is 0.282. The minimum Gasteiger partial charge on any atom is -0.508 e. The Morgan fingerprint density at radius 3 is 2.28 bits per heavy atom. The van der Waals surface area contributed by atoms with Crippen LogP contribution in [0.15, 0.2) is 18.2 Å². The van der Waals surface area contributed by atoms with Crippen LogP contribution in [0.2, 0.25) is 0 Å². The molecule has 1 aromatic carbocycles. The van der Waals surface area contributed by atoms with Crippen LogP contribution in [0.4, 0.5) is 4.79 Å². The highest BCUT2D eigenvalue weighted by atomic mass is 16.6. The zero-order valence-corrected chi connectivity index (χ0v) is 22.7. The van der Waals surface area contributed by atoms with Gasteiger partial charge in [-0.05, 0) is 63.8 Å². The van der Waals surface area contributed by atoms with Crippen molar-refractivity contribution in [1.82, 2.24) is 15.5 Å². The van der Waals surface area contributed by atoms with E-state index in [-0.39, 0.29) is 18.2 Å². The molecule has 0 heterocycles. The van der Waals surface area contributed by atoms with E-state index in [0.717, 1.165) is 32.1 Å². The summed E-state index contributed by atoms with van der Waals surface area (Å²) in [6.07, 6.45) is 4.36. The van der Waals surface area contributed by atoms with Crippen LogP contribution in [-0.2, 0) is 14.3 Å². The van der Waals surface area contributed by atoms with Gasteiger partial charge in [0.25, 0.3) is 0 Å². The number of ether oxygens (including phenoxy) is 1. The lowest BCUT2D eigenvalue weighted by atomic mass is 9.99. The highest BCUT2D eigenvalue weighted by molar-refractivity contribution is 5.92. The number of amides is 3.